The molecule has 0 bridgehead atoms. The molecule has 3 heteroatoms. The van der Waals surface area contributed by atoms with Gasteiger partial charge in [0.15, 0.2) is 0 Å². The molecule has 3 aliphatic rings. The minimum absolute atomic E-state index is 0.666. The van der Waals surface area contributed by atoms with E-state index in [2.05, 4.69) is 4.89 Å². The van der Waals surface area contributed by atoms with Crippen molar-refractivity contribution in [1.29, 1.82) is 0 Å². The Labute approximate surface area is 69.3 Å². The molecule has 2 aliphatic carbocycles. The summed E-state index contributed by atoms with van der Waals surface area (Å²) >= 11 is 0. The van der Waals surface area contributed by atoms with Crippen LogP contribution in [0.15, 0.2) is 0 Å². The molecule has 64 valence electrons. The second-order valence-electron chi connectivity index (χ2n) is 3.92. The van der Waals surface area contributed by atoms with Crippen LogP contribution in [-0.2, 0) is 4.28 Å². The van der Waals surface area contributed by atoms with Crippen molar-refractivity contribution in [2.24, 2.45) is 0 Å². The highest BCUT2D eigenvalue weighted by atomic mass is 32.3. The minimum atomic E-state index is -0.666. The Hall–Kier alpha value is 0.270. The molecule has 11 heavy (non-hydrogen) atoms. The summed E-state index contributed by atoms with van der Waals surface area (Å²) in [5.41, 5.74) is 0. The third-order valence-electron chi connectivity index (χ3n) is 3.37. The van der Waals surface area contributed by atoms with E-state index in [0.717, 1.165) is 10.5 Å². The smallest absolute Gasteiger partial charge is 0.0270 e. The molecule has 0 aromatic heterocycles. The van der Waals surface area contributed by atoms with Crippen LogP contribution < -0.4 is 4.89 Å². The number of hydrogen-bond acceptors (Lipinski definition) is 2. The van der Waals surface area contributed by atoms with Gasteiger partial charge in [0.1, 0.15) is 0 Å². The van der Waals surface area contributed by atoms with Crippen LogP contribution in [0, 0.1) is 0 Å². The average molecular weight is 173 g/mol. The van der Waals surface area contributed by atoms with E-state index in [0.29, 0.717) is 0 Å². The van der Waals surface area contributed by atoms with Crippen LogP contribution in [-0.4, -0.2) is 10.5 Å². The van der Waals surface area contributed by atoms with Crippen molar-refractivity contribution in [3.63, 3.8) is 0 Å². The molecule has 1 aliphatic heterocycles. The van der Waals surface area contributed by atoms with Gasteiger partial charge in [0.05, 0.1) is 0 Å². The standard InChI is InChI=1S/C8H15NOS/c1-3-7(4-1)11(9-10-11)8-5-2-6-8/h7-9H,1-6H2. The van der Waals surface area contributed by atoms with Crippen molar-refractivity contribution >= 4 is 10.5 Å². The lowest BCUT2D eigenvalue weighted by Gasteiger charge is -2.41. The van der Waals surface area contributed by atoms with Gasteiger partial charge in [0, 0.05) is 10.5 Å². The summed E-state index contributed by atoms with van der Waals surface area (Å²) in [6.45, 7) is 0. The molecule has 3 rings (SSSR count). The lowest BCUT2D eigenvalue weighted by molar-refractivity contribution is 0.435. The summed E-state index contributed by atoms with van der Waals surface area (Å²) in [5, 5.41) is 1.88. The maximum Gasteiger partial charge on any atom is 0.0270 e. The van der Waals surface area contributed by atoms with E-state index >= 15 is 0 Å². The van der Waals surface area contributed by atoms with Crippen molar-refractivity contribution in [3.05, 3.63) is 0 Å². The summed E-state index contributed by atoms with van der Waals surface area (Å²) in [7, 11) is -0.666. The first-order valence-electron chi connectivity index (χ1n) is 4.68. The summed E-state index contributed by atoms with van der Waals surface area (Å²) in [4.78, 5) is 3.24. The fourth-order valence-corrected chi connectivity index (χ4v) is 5.50. The zero-order valence-electron chi connectivity index (χ0n) is 6.71. The highest BCUT2D eigenvalue weighted by Gasteiger charge is 2.55. The minimum Gasteiger partial charge on any atom is -0.226 e. The van der Waals surface area contributed by atoms with Crippen molar-refractivity contribution in [1.82, 2.24) is 4.89 Å². The van der Waals surface area contributed by atoms with E-state index in [9.17, 15) is 0 Å². The van der Waals surface area contributed by atoms with Crippen LogP contribution >= 0.6 is 10.5 Å². The molecular weight excluding hydrogens is 158 g/mol. The topological polar surface area (TPSA) is 34.5 Å². The van der Waals surface area contributed by atoms with Gasteiger partial charge in [-0.25, -0.2) is 4.28 Å². The lowest BCUT2D eigenvalue weighted by atomic mass is 9.99. The average Bonchev–Trinajstić information content (AvgIpc) is 2.36. The summed E-state index contributed by atoms with van der Waals surface area (Å²) in [6.07, 6.45) is 8.60. The Morgan fingerprint density at radius 1 is 1.00 bits per heavy atom. The van der Waals surface area contributed by atoms with Gasteiger partial charge in [-0.15, -0.1) is 4.89 Å². The van der Waals surface area contributed by atoms with Gasteiger partial charge in [-0.1, -0.05) is 12.8 Å². The van der Waals surface area contributed by atoms with E-state index in [1.54, 1.807) is 0 Å². The highest BCUT2D eigenvalue weighted by Crippen LogP contribution is 2.72. The quantitative estimate of drug-likeness (QED) is 0.650. The Kier molecular flexibility index (Phi) is 1.32. The van der Waals surface area contributed by atoms with Gasteiger partial charge in [-0.05, 0) is 36.2 Å². The Morgan fingerprint density at radius 2 is 1.45 bits per heavy atom. The highest BCUT2D eigenvalue weighted by molar-refractivity contribution is 8.33. The van der Waals surface area contributed by atoms with Crippen LogP contribution in [0.1, 0.15) is 38.5 Å². The summed E-state index contributed by atoms with van der Waals surface area (Å²) in [6, 6.07) is 0. The molecule has 2 saturated carbocycles. The first-order chi connectivity index (χ1) is 5.42. The number of nitrogens with one attached hydrogen (secondary N) is 1. The SMILES string of the molecule is C1CC(S2(C3CCC3)NO2)C1. The van der Waals surface area contributed by atoms with Crippen LogP contribution in [0.3, 0.4) is 0 Å². The first kappa shape index (κ1) is 6.75. The lowest BCUT2D eigenvalue weighted by Crippen LogP contribution is -2.31. The molecule has 0 radical (unpaired) electrons. The molecule has 0 unspecified atom stereocenters. The fourth-order valence-electron chi connectivity index (χ4n) is 2.03. The zero-order chi connectivity index (χ0) is 7.31. The molecule has 0 aromatic carbocycles. The van der Waals surface area contributed by atoms with E-state index < -0.39 is 10.5 Å². The Bertz CT molecular complexity index is 157. The van der Waals surface area contributed by atoms with Gasteiger partial charge in [0.2, 0.25) is 0 Å². The summed E-state index contributed by atoms with van der Waals surface area (Å²) in [5.74, 6) is 0. The molecule has 3 fully saturated rings. The molecule has 0 spiro atoms. The van der Waals surface area contributed by atoms with E-state index in [-0.39, 0.29) is 0 Å². The van der Waals surface area contributed by atoms with Gasteiger partial charge < -0.3 is 0 Å². The maximum atomic E-state index is 5.54. The maximum absolute atomic E-state index is 5.54. The third-order valence-corrected chi connectivity index (χ3v) is 6.85. The Balaban J connectivity index is 1.71. The van der Waals surface area contributed by atoms with Gasteiger partial charge in [-0.2, -0.15) is 0 Å². The largest absolute Gasteiger partial charge is 0.226 e. The third kappa shape index (κ3) is 0.820. The van der Waals surface area contributed by atoms with Crippen LogP contribution in [0.4, 0.5) is 0 Å². The predicted octanol–water partition coefficient (Wildman–Crippen LogP) is 2.26. The normalized spacial score (nSPS) is 38.9. The van der Waals surface area contributed by atoms with E-state index in [1.165, 1.54) is 38.5 Å². The molecule has 0 amide bonds. The van der Waals surface area contributed by atoms with Crippen molar-refractivity contribution in [3.8, 4) is 0 Å². The summed E-state index contributed by atoms with van der Waals surface area (Å²) < 4.78 is 5.54. The van der Waals surface area contributed by atoms with Gasteiger partial charge in [0.25, 0.3) is 0 Å². The molecular formula is C8H15NOS. The van der Waals surface area contributed by atoms with Crippen molar-refractivity contribution in [2.45, 2.75) is 49.0 Å². The zero-order valence-corrected chi connectivity index (χ0v) is 7.53. The van der Waals surface area contributed by atoms with Crippen LogP contribution in [0.25, 0.3) is 0 Å². The van der Waals surface area contributed by atoms with Crippen molar-refractivity contribution in [2.75, 3.05) is 0 Å². The molecule has 0 atom stereocenters. The molecule has 1 N–H and O–H groups in total. The molecule has 1 heterocycles. The van der Waals surface area contributed by atoms with E-state index in [4.69, 9.17) is 4.28 Å². The number of rotatable bonds is 2. The van der Waals surface area contributed by atoms with E-state index in [1.807, 2.05) is 0 Å². The molecule has 2 nitrogen and oxygen atoms in total. The molecule has 0 aromatic rings. The van der Waals surface area contributed by atoms with Crippen LogP contribution in [0.2, 0.25) is 0 Å². The van der Waals surface area contributed by atoms with Crippen LogP contribution in [0.5, 0.6) is 0 Å². The number of hydrogen-bond donors (Lipinski definition) is 1. The first-order valence-corrected chi connectivity index (χ1v) is 6.36. The van der Waals surface area contributed by atoms with Gasteiger partial charge in [-0.3, -0.25) is 0 Å². The van der Waals surface area contributed by atoms with Gasteiger partial charge >= 0.3 is 0 Å². The second-order valence-corrected chi connectivity index (χ2v) is 6.88. The fraction of sp³-hybridized carbons (Fsp3) is 1.00. The monoisotopic (exact) mass is 173 g/mol. The second kappa shape index (κ2) is 2.15. The van der Waals surface area contributed by atoms with Crippen molar-refractivity contribution < 1.29 is 4.28 Å². The molecule has 1 saturated heterocycles. The Morgan fingerprint density at radius 3 is 1.64 bits per heavy atom. The predicted molar refractivity (Wildman–Crippen MR) is 47.1 cm³/mol.